The fraction of sp³-hybridized carbons (Fsp3) is 0.467. The molecule has 1 saturated carbocycles. The summed E-state index contributed by atoms with van der Waals surface area (Å²) < 4.78 is 0. The second-order valence-corrected chi connectivity index (χ2v) is 6.20. The summed E-state index contributed by atoms with van der Waals surface area (Å²) >= 11 is 1.47. The molecule has 4 nitrogen and oxygen atoms in total. The Morgan fingerprint density at radius 3 is 2.65 bits per heavy atom. The largest absolute Gasteiger partial charge is 0.481 e. The zero-order valence-electron chi connectivity index (χ0n) is 11.5. The van der Waals surface area contributed by atoms with Crippen LogP contribution in [0, 0.1) is 12.8 Å². The minimum Gasteiger partial charge on any atom is -0.481 e. The molecule has 5 heteroatoms. The molecule has 1 aliphatic rings. The quantitative estimate of drug-likeness (QED) is 0.818. The van der Waals surface area contributed by atoms with E-state index in [0.717, 1.165) is 17.7 Å². The molecule has 0 spiro atoms. The van der Waals surface area contributed by atoms with Gasteiger partial charge in [-0.1, -0.05) is 24.1 Å². The maximum atomic E-state index is 11.9. The zero-order valence-corrected chi connectivity index (χ0v) is 12.3. The molecule has 1 amide bonds. The van der Waals surface area contributed by atoms with Crippen molar-refractivity contribution in [1.29, 1.82) is 0 Å². The molecule has 0 aliphatic heterocycles. The van der Waals surface area contributed by atoms with E-state index in [0.29, 0.717) is 12.2 Å². The van der Waals surface area contributed by atoms with Gasteiger partial charge in [-0.2, -0.15) is 0 Å². The maximum Gasteiger partial charge on any atom is 0.308 e. The number of carboxylic acids is 1. The Hall–Kier alpha value is -1.49. The van der Waals surface area contributed by atoms with Gasteiger partial charge in [0.2, 0.25) is 5.91 Å². The lowest BCUT2D eigenvalue weighted by Crippen LogP contribution is -2.40. The van der Waals surface area contributed by atoms with E-state index in [-0.39, 0.29) is 11.9 Å². The van der Waals surface area contributed by atoms with Crippen LogP contribution < -0.4 is 5.32 Å². The lowest BCUT2D eigenvalue weighted by atomic mass is 10.0. The lowest BCUT2D eigenvalue weighted by Gasteiger charge is -2.17. The topological polar surface area (TPSA) is 66.4 Å². The van der Waals surface area contributed by atoms with E-state index in [1.54, 1.807) is 0 Å². The SMILES string of the molecule is Cc1ccc(SCC(=O)N[C@@H]2CCC[C@@H]2C(=O)O)cc1. The number of amides is 1. The van der Waals surface area contributed by atoms with Gasteiger partial charge < -0.3 is 10.4 Å². The van der Waals surface area contributed by atoms with Crippen molar-refractivity contribution >= 4 is 23.6 Å². The van der Waals surface area contributed by atoms with E-state index < -0.39 is 11.9 Å². The second kappa shape index (κ2) is 6.79. The van der Waals surface area contributed by atoms with Crippen LogP contribution in [0.2, 0.25) is 0 Å². The molecule has 0 saturated heterocycles. The highest BCUT2D eigenvalue weighted by Gasteiger charge is 2.33. The van der Waals surface area contributed by atoms with Crippen molar-refractivity contribution < 1.29 is 14.7 Å². The molecule has 1 fully saturated rings. The summed E-state index contributed by atoms with van der Waals surface area (Å²) in [5.74, 6) is -0.998. The fourth-order valence-electron chi connectivity index (χ4n) is 2.46. The summed E-state index contributed by atoms with van der Waals surface area (Å²) in [5, 5.41) is 11.9. The van der Waals surface area contributed by atoms with Crippen LogP contribution in [0.3, 0.4) is 0 Å². The van der Waals surface area contributed by atoms with Crippen LogP contribution in [0.4, 0.5) is 0 Å². The number of benzene rings is 1. The first-order valence-electron chi connectivity index (χ1n) is 6.78. The normalized spacial score (nSPS) is 21.6. The summed E-state index contributed by atoms with van der Waals surface area (Å²) in [5.41, 5.74) is 1.19. The highest BCUT2D eigenvalue weighted by Crippen LogP contribution is 2.26. The summed E-state index contributed by atoms with van der Waals surface area (Å²) in [6.45, 7) is 2.02. The summed E-state index contributed by atoms with van der Waals surface area (Å²) in [7, 11) is 0. The highest BCUT2D eigenvalue weighted by molar-refractivity contribution is 8.00. The molecule has 0 bridgehead atoms. The number of hydrogen-bond donors (Lipinski definition) is 2. The smallest absolute Gasteiger partial charge is 0.308 e. The second-order valence-electron chi connectivity index (χ2n) is 5.15. The molecule has 2 rings (SSSR count). The summed E-state index contributed by atoms with van der Waals surface area (Å²) in [6.07, 6.45) is 2.29. The molecule has 0 heterocycles. The number of carbonyl (C=O) groups is 2. The number of hydrogen-bond acceptors (Lipinski definition) is 3. The molecule has 0 aromatic heterocycles. The van der Waals surface area contributed by atoms with Crippen LogP contribution >= 0.6 is 11.8 Å². The Labute approximate surface area is 123 Å². The number of aryl methyl sites for hydroxylation is 1. The van der Waals surface area contributed by atoms with E-state index in [2.05, 4.69) is 5.32 Å². The molecule has 0 radical (unpaired) electrons. The number of rotatable bonds is 5. The summed E-state index contributed by atoms with van der Waals surface area (Å²) in [4.78, 5) is 24.0. The molecule has 1 aromatic carbocycles. The Bertz CT molecular complexity index is 486. The zero-order chi connectivity index (χ0) is 14.5. The minimum atomic E-state index is -0.806. The van der Waals surface area contributed by atoms with E-state index in [4.69, 9.17) is 5.11 Å². The van der Waals surface area contributed by atoms with Gasteiger partial charge in [-0.3, -0.25) is 9.59 Å². The third-order valence-electron chi connectivity index (χ3n) is 3.57. The van der Waals surface area contributed by atoms with Crippen LogP contribution in [-0.4, -0.2) is 28.8 Å². The maximum absolute atomic E-state index is 11.9. The van der Waals surface area contributed by atoms with Gasteiger partial charge >= 0.3 is 5.97 Å². The first kappa shape index (κ1) is 14.9. The van der Waals surface area contributed by atoms with Crippen molar-refractivity contribution in [3.05, 3.63) is 29.8 Å². The van der Waals surface area contributed by atoms with Gasteiger partial charge in [0.25, 0.3) is 0 Å². The van der Waals surface area contributed by atoms with Gasteiger partial charge in [0, 0.05) is 10.9 Å². The molecule has 2 atom stereocenters. The fourth-order valence-corrected chi connectivity index (χ4v) is 3.17. The average Bonchev–Trinajstić information content (AvgIpc) is 2.86. The Morgan fingerprint density at radius 1 is 1.30 bits per heavy atom. The highest BCUT2D eigenvalue weighted by atomic mass is 32.2. The predicted octanol–water partition coefficient (Wildman–Crippen LogP) is 2.46. The van der Waals surface area contributed by atoms with Crippen LogP contribution in [-0.2, 0) is 9.59 Å². The first-order chi connectivity index (χ1) is 9.56. The van der Waals surface area contributed by atoms with Gasteiger partial charge in [0.15, 0.2) is 0 Å². The van der Waals surface area contributed by atoms with Crippen molar-refractivity contribution in [3.63, 3.8) is 0 Å². The van der Waals surface area contributed by atoms with E-state index >= 15 is 0 Å². The van der Waals surface area contributed by atoms with Gasteiger partial charge in [0.1, 0.15) is 0 Å². The predicted molar refractivity (Wildman–Crippen MR) is 78.8 cm³/mol. The van der Waals surface area contributed by atoms with Crippen LogP contribution in [0.1, 0.15) is 24.8 Å². The van der Waals surface area contributed by atoms with Crippen LogP contribution in [0.25, 0.3) is 0 Å². The monoisotopic (exact) mass is 293 g/mol. The Morgan fingerprint density at radius 2 is 2.00 bits per heavy atom. The van der Waals surface area contributed by atoms with Crippen LogP contribution in [0.5, 0.6) is 0 Å². The number of thioether (sulfide) groups is 1. The van der Waals surface area contributed by atoms with Crippen molar-refractivity contribution in [2.75, 3.05) is 5.75 Å². The average molecular weight is 293 g/mol. The molecule has 108 valence electrons. The molecule has 20 heavy (non-hydrogen) atoms. The van der Waals surface area contributed by atoms with E-state index in [1.807, 2.05) is 31.2 Å². The van der Waals surface area contributed by atoms with Gasteiger partial charge in [0.05, 0.1) is 11.7 Å². The molecule has 1 aliphatic carbocycles. The molecule has 0 unspecified atom stereocenters. The van der Waals surface area contributed by atoms with Crippen molar-refractivity contribution in [1.82, 2.24) is 5.32 Å². The van der Waals surface area contributed by atoms with E-state index in [1.165, 1.54) is 17.3 Å². The van der Waals surface area contributed by atoms with Gasteiger partial charge in [-0.15, -0.1) is 11.8 Å². The van der Waals surface area contributed by atoms with Crippen molar-refractivity contribution in [3.8, 4) is 0 Å². The number of aliphatic carboxylic acids is 1. The molecule has 2 N–H and O–H groups in total. The number of nitrogens with one attached hydrogen (secondary N) is 1. The molecule has 1 aromatic rings. The third-order valence-corrected chi connectivity index (χ3v) is 4.58. The van der Waals surface area contributed by atoms with Crippen LogP contribution in [0.15, 0.2) is 29.2 Å². The van der Waals surface area contributed by atoms with Gasteiger partial charge in [-0.25, -0.2) is 0 Å². The van der Waals surface area contributed by atoms with E-state index in [9.17, 15) is 9.59 Å². The lowest BCUT2D eigenvalue weighted by molar-refractivity contribution is -0.142. The number of carboxylic acid groups (broad SMARTS) is 1. The number of carbonyl (C=O) groups excluding carboxylic acids is 1. The minimum absolute atomic E-state index is 0.0891. The molecular weight excluding hydrogens is 274 g/mol. The Balaban J connectivity index is 1.80. The standard InChI is InChI=1S/C15H19NO3S/c1-10-5-7-11(8-6-10)20-9-14(17)16-13-4-2-3-12(13)15(18)19/h5-8,12-13H,2-4,9H2,1H3,(H,16,17)(H,18,19)/t12-,13+/m0/s1. The summed E-state index contributed by atoms with van der Waals surface area (Å²) in [6, 6.07) is 7.79. The van der Waals surface area contributed by atoms with Gasteiger partial charge in [-0.05, 0) is 31.9 Å². The van der Waals surface area contributed by atoms with Crippen molar-refractivity contribution in [2.24, 2.45) is 5.92 Å². The Kier molecular flexibility index (Phi) is 5.06. The van der Waals surface area contributed by atoms with Crippen molar-refractivity contribution in [2.45, 2.75) is 37.1 Å². The first-order valence-corrected chi connectivity index (χ1v) is 7.76. The third kappa shape index (κ3) is 4.00. The molecular formula is C15H19NO3S.